The van der Waals surface area contributed by atoms with Gasteiger partial charge in [-0.25, -0.2) is 10.4 Å². The van der Waals surface area contributed by atoms with Crippen molar-refractivity contribution in [3.63, 3.8) is 0 Å². The van der Waals surface area contributed by atoms with Crippen molar-refractivity contribution in [2.75, 3.05) is 7.11 Å². The summed E-state index contributed by atoms with van der Waals surface area (Å²) >= 11 is 0.575. The fraction of sp³-hybridized carbons (Fsp3) is 0.700. The zero-order chi connectivity index (χ0) is 13.9. The molecule has 0 saturated carbocycles. The van der Waals surface area contributed by atoms with Gasteiger partial charge in [-0.05, 0) is 5.92 Å². The Balaban J connectivity index is 2.99. The second-order valence-electron chi connectivity index (χ2n) is 4.15. The zero-order valence-electron chi connectivity index (χ0n) is 10.3. The van der Waals surface area contributed by atoms with E-state index in [1.54, 1.807) is 0 Å². The average Bonchev–Trinajstić information content (AvgIpc) is 2.73. The fourth-order valence-corrected chi connectivity index (χ4v) is 2.57. The monoisotopic (exact) mass is 283 g/mol. The first-order valence-corrected chi connectivity index (χ1v) is 6.14. The Kier molecular flexibility index (Phi) is 5.09. The van der Waals surface area contributed by atoms with Crippen molar-refractivity contribution in [3.8, 4) is 0 Å². The summed E-state index contributed by atoms with van der Waals surface area (Å²) in [5.74, 6) is 5.51. The van der Waals surface area contributed by atoms with E-state index in [4.69, 9.17) is 10.6 Å². The Morgan fingerprint density at radius 1 is 1.44 bits per heavy atom. The molecule has 0 saturated heterocycles. The number of nitrogens with two attached hydrogens (primary N) is 1. The molecule has 0 radical (unpaired) electrons. The molecule has 104 valence electrons. The predicted molar refractivity (Wildman–Crippen MR) is 62.8 cm³/mol. The van der Waals surface area contributed by atoms with Gasteiger partial charge in [-0.3, -0.25) is 5.84 Å². The summed E-state index contributed by atoms with van der Waals surface area (Å²) in [6.45, 7) is 3.81. The van der Waals surface area contributed by atoms with Crippen molar-refractivity contribution in [1.29, 1.82) is 0 Å². The highest BCUT2D eigenvalue weighted by Crippen LogP contribution is 2.36. The molecule has 2 atom stereocenters. The molecule has 0 bridgehead atoms. The van der Waals surface area contributed by atoms with Gasteiger partial charge in [0.15, 0.2) is 5.01 Å². The molecule has 1 aromatic rings. The predicted octanol–water partition coefficient (Wildman–Crippen LogP) is 2.34. The van der Waals surface area contributed by atoms with Crippen LogP contribution in [0.25, 0.3) is 0 Å². The molecule has 2 unspecified atom stereocenters. The van der Waals surface area contributed by atoms with E-state index in [0.29, 0.717) is 16.2 Å². The van der Waals surface area contributed by atoms with E-state index >= 15 is 0 Å². The Labute approximate surface area is 107 Å². The van der Waals surface area contributed by atoms with E-state index in [1.165, 1.54) is 13.3 Å². The van der Waals surface area contributed by atoms with E-state index in [-0.39, 0.29) is 12.0 Å². The molecule has 1 aromatic heterocycles. The summed E-state index contributed by atoms with van der Waals surface area (Å²) in [5, 5.41) is -0.878. The summed E-state index contributed by atoms with van der Waals surface area (Å²) in [6, 6.07) is -0.511. The van der Waals surface area contributed by atoms with Crippen molar-refractivity contribution < 1.29 is 17.9 Å². The van der Waals surface area contributed by atoms with Gasteiger partial charge in [-0.2, -0.15) is 13.2 Å². The van der Waals surface area contributed by atoms with E-state index in [1.807, 2.05) is 13.8 Å². The lowest BCUT2D eigenvalue weighted by Gasteiger charge is -2.27. The zero-order valence-corrected chi connectivity index (χ0v) is 11.1. The van der Waals surface area contributed by atoms with Gasteiger partial charge in [-0.1, -0.05) is 13.8 Å². The second-order valence-corrected chi connectivity index (χ2v) is 5.22. The molecule has 0 aromatic carbocycles. The van der Waals surface area contributed by atoms with E-state index in [2.05, 4.69) is 10.4 Å². The number of hydrazine groups is 1. The molecule has 0 spiro atoms. The number of thiazole rings is 1. The SMILES string of the molecule is COC(C(C)C)C(NN)c1cnc(C(F)(F)F)s1. The molecule has 3 N–H and O–H groups in total. The third kappa shape index (κ3) is 3.41. The summed E-state index contributed by atoms with van der Waals surface area (Å²) in [4.78, 5) is 3.78. The lowest BCUT2D eigenvalue weighted by molar-refractivity contribution is -0.137. The van der Waals surface area contributed by atoms with Crippen molar-refractivity contribution in [2.45, 2.75) is 32.2 Å². The lowest BCUT2D eigenvalue weighted by Crippen LogP contribution is -2.39. The molecular formula is C10H16F3N3OS. The first kappa shape index (κ1) is 15.4. The molecule has 0 amide bonds. The first-order valence-electron chi connectivity index (χ1n) is 5.33. The quantitative estimate of drug-likeness (QED) is 0.643. The highest BCUT2D eigenvalue weighted by Gasteiger charge is 2.36. The maximum atomic E-state index is 12.5. The molecule has 8 heteroatoms. The van der Waals surface area contributed by atoms with Crippen LogP contribution in [0.15, 0.2) is 6.20 Å². The third-order valence-corrected chi connectivity index (χ3v) is 3.64. The molecule has 0 fully saturated rings. The van der Waals surface area contributed by atoms with Crippen LogP contribution in [0.1, 0.15) is 29.8 Å². The van der Waals surface area contributed by atoms with Gasteiger partial charge in [-0.15, -0.1) is 11.3 Å². The third-order valence-electron chi connectivity index (χ3n) is 2.51. The smallest absolute Gasteiger partial charge is 0.379 e. The van der Waals surface area contributed by atoms with Gasteiger partial charge in [0.25, 0.3) is 0 Å². The van der Waals surface area contributed by atoms with Crippen LogP contribution in [0, 0.1) is 5.92 Å². The second kappa shape index (κ2) is 5.96. The molecule has 1 heterocycles. The lowest BCUT2D eigenvalue weighted by atomic mass is 9.99. The Bertz CT molecular complexity index is 381. The minimum Gasteiger partial charge on any atom is -0.379 e. The number of methoxy groups -OCH3 is 1. The standard InChI is InChI=1S/C10H16F3N3OS/c1-5(2)8(17-3)7(16-14)6-4-15-9(18-6)10(11,12)13/h4-5,7-8,16H,14H2,1-3H3. The molecule has 0 aliphatic rings. The number of rotatable bonds is 5. The van der Waals surface area contributed by atoms with Gasteiger partial charge in [0, 0.05) is 18.2 Å². The maximum absolute atomic E-state index is 12.5. The van der Waals surface area contributed by atoms with E-state index in [0.717, 1.165) is 0 Å². The molecule has 4 nitrogen and oxygen atoms in total. The van der Waals surface area contributed by atoms with Crippen LogP contribution in [0.2, 0.25) is 0 Å². The van der Waals surface area contributed by atoms with Crippen molar-refractivity contribution in [2.24, 2.45) is 11.8 Å². The molecule has 0 aliphatic carbocycles. The maximum Gasteiger partial charge on any atom is 0.443 e. The van der Waals surface area contributed by atoms with Crippen LogP contribution in [-0.2, 0) is 10.9 Å². The Morgan fingerprint density at radius 3 is 2.39 bits per heavy atom. The van der Waals surface area contributed by atoms with Gasteiger partial charge in [0.05, 0.1) is 12.1 Å². The van der Waals surface area contributed by atoms with Crippen molar-refractivity contribution in [1.82, 2.24) is 10.4 Å². The molecular weight excluding hydrogens is 267 g/mol. The first-order chi connectivity index (χ1) is 8.31. The Hall–Kier alpha value is -0.700. The van der Waals surface area contributed by atoms with Crippen LogP contribution in [0.5, 0.6) is 0 Å². The van der Waals surface area contributed by atoms with Crippen LogP contribution in [0.3, 0.4) is 0 Å². The minimum absolute atomic E-state index is 0.104. The van der Waals surface area contributed by atoms with Crippen LogP contribution in [-0.4, -0.2) is 18.2 Å². The highest BCUT2D eigenvalue weighted by atomic mass is 32.1. The van der Waals surface area contributed by atoms with Crippen LogP contribution in [0.4, 0.5) is 13.2 Å². The largest absolute Gasteiger partial charge is 0.443 e. The van der Waals surface area contributed by atoms with Gasteiger partial charge in [0.1, 0.15) is 0 Å². The summed E-state index contributed by atoms with van der Waals surface area (Å²) in [7, 11) is 1.50. The van der Waals surface area contributed by atoms with E-state index < -0.39 is 17.2 Å². The highest BCUT2D eigenvalue weighted by molar-refractivity contribution is 7.11. The van der Waals surface area contributed by atoms with Crippen LogP contribution >= 0.6 is 11.3 Å². The normalized spacial score (nSPS) is 16.0. The van der Waals surface area contributed by atoms with Crippen molar-refractivity contribution >= 4 is 11.3 Å². The summed E-state index contributed by atoms with van der Waals surface area (Å²) in [6.07, 6.45) is -3.56. The number of alkyl halides is 3. The van der Waals surface area contributed by atoms with Crippen LogP contribution < -0.4 is 11.3 Å². The van der Waals surface area contributed by atoms with Crippen molar-refractivity contribution in [3.05, 3.63) is 16.1 Å². The summed E-state index contributed by atoms with van der Waals surface area (Å²) < 4.78 is 42.7. The number of aromatic nitrogens is 1. The van der Waals surface area contributed by atoms with Gasteiger partial charge >= 0.3 is 6.18 Å². The number of ether oxygens (including phenoxy) is 1. The number of halogens is 3. The minimum atomic E-state index is -4.43. The molecule has 0 aliphatic heterocycles. The number of nitrogens with zero attached hydrogens (tertiary/aromatic N) is 1. The summed E-state index contributed by atoms with van der Waals surface area (Å²) in [5.41, 5.74) is 2.49. The molecule has 1 rings (SSSR count). The number of hydrogen-bond acceptors (Lipinski definition) is 5. The Morgan fingerprint density at radius 2 is 2.06 bits per heavy atom. The van der Waals surface area contributed by atoms with E-state index in [9.17, 15) is 13.2 Å². The average molecular weight is 283 g/mol. The number of hydrogen-bond donors (Lipinski definition) is 2. The fourth-order valence-electron chi connectivity index (χ4n) is 1.69. The number of nitrogens with one attached hydrogen (secondary N) is 1. The topological polar surface area (TPSA) is 60.2 Å². The van der Waals surface area contributed by atoms with Gasteiger partial charge in [0.2, 0.25) is 0 Å². The molecule has 18 heavy (non-hydrogen) atoms. The van der Waals surface area contributed by atoms with Gasteiger partial charge < -0.3 is 4.74 Å².